The average Bonchev–Trinajstić information content (AvgIpc) is 2.16. The molecule has 0 heterocycles. The van der Waals surface area contributed by atoms with Gasteiger partial charge in [-0.25, -0.2) is 0 Å². The zero-order chi connectivity index (χ0) is 8.97. The van der Waals surface area contributed by atoms with Crippen LogP contribution in [0.2, 0.25) is 0 Å². The lowest BCUT2D eigenvalue weighted by Crippen LogP contribution is -2.18. The van der Waals surface area contributed by atoms with Crippen molar-refractivity contribution in [2.24, 2.45) is 0 Å². The predicted octanol–water partition coefficient (Wildman–Crippen LogP) is 2.27. The van der Waals surface area contributed by atoms with E-state index in [-0.39, 0.29) is 6.10 Å². The van der Waals surface area contributed by atoms with Gasteiger partial charge in [-0.05, 0) is 12.5 Å². The largest absolute Gasteiger partial charge is 0.498 e. The molecule has 1 unspecified atom stereocenters. The van der Waals surface area contributed by atoms with Crippen LogP contribution in [-0.4, -0.2) is 20.3 Å². The molecule has 2 heteroatoms. The van der Waals surface area contributed by atoms with Crippen molar-refractivity contribution in [1.82, 2.24) is 0 Å². The summed E-state index contributed by atoms with van der Waals surface area (Å²) in [4.78, 5) is 0. The number of hydrogen-bond donors (Lipinski definition) is 0. The molecule has 12 heavy (non-hydrogen) atoms. The summed E-state index contributed by atoms with van der Waals surface area (Å²) in [6, 6.07) is 0. The number of hydrogen-bond acceptors (Lipinski definition) is 2. The Balaban J connectivity index is 2.70. The molecule has 0 bridgehead atoms. The first-order valence-electron chi connectivity index (χ1n) is 4.28. The van der Waals surface area contributed by atoms with Gasteiger partial charge in [0, 0.05) is 13.5 Å². The molecule has 0 saturated carbocycles. The summed E-state index contributed by atoms with van der Waals surface area (Å²) < 4.78 is 10.5. The van der Waals surface area contributed by atoms with Gasteiger partial charge in [-0.15, -0.1) is 0 Å². The Morgan fingerprint density at radius 2 is 2.17 bits per heavy atom. The molecule has 0 aromatic heterocycles. The molecular formula is C10H16O2. The van der Waals surface area contributed by atoms with Gasteiger partial charge in [-0.3, -0.25) is 0 Å². The van der Waals surface area contributed by atoms with Gasteiger partial charge in [0.2, 0.25) is 0 Å². The smallest absolute Gasteiger partial charge is 0.125 e. The number of methoxy groups -OCH3 is 2. The highest BCUT2D eigenvalue weighted by atomic mass is 16.5. The zero-order valence-electron chi connectivity index (χ0n) is 7.96. The third kappa shape index (κ3) is 1.89. The maximum absolute atomic E-state index is 5.29. The van der Waals surface area contributed by atoms with Crippen molar-refractivity contribution in [3.8, 4) is 0 Å². The summed E-state index contributed by atoms with van der Waals surface area (Å²) in [5.74, 6) is 0.926. The fraction of sp³-hybridized carbons (Fsp3) is 0.600. The quantitative estimate of drug-likeness (QED) is 0.643. The van der Waals surface area contributed by atoms with E-state index in [2.05, 4.69) is 13.0 Å². The van der Waals surface area contributed by atoms with E-state index in [9.17, 15) is 0 Å². The minimum Gasteiger partial charge on any atom is -0.498 e. The second-order valence-corrected chi connectivity index (χ2v) is 2.88. The number of rotatable bonds is 3. The van der Waals surface area contributed by atoms with Gasteiger partial charge >= 0.3 is 0 Å². The van der Waals surface area contributed by atoms with Gasteiger partial charge in [0.1, 0.15) is 11.9 Å². The minimum atomic E-state index is 0.120. The van der Waals surface area contributed by atoms with Crippen LogP contribution < -0.4 is 0 Å². The van der Waals surface area contributed by atoms with Crippen LogP contribution >= 0.6 is 0 Å². The highest BCUT2D eigenvalue weighted by molar-refractivity contribution is 5.24. The van der Waals surface area contributed by atoms with E-state index in [1.165, 1.54) is 5.57 Å². The van der Waals surface area contributed by atoms with Crippen LogP contribution in [0, 0.1) is 0 Å². The second-order valence-electron chi connectivity index (χ2n) is 2.88. The van der Waals surface area contributed by atoms with E-state index in [1.807, 2.05) is 6.08 Å². The summed E-state index contributed by atoms with van der Waals surface area (Å²) >= 11 is 0. The van der Waals surface area contributed by atoms with Crippen LogP contribution in [0.25, 0.3) is 0 Å². The van der Waals surface area contributed by atoms with Crippen LogP contribution in [-0.2, 0) is 9.47 Å². The SMILES string of the molecule is CCC1=CC=C(OC)C(OC)C1. The maximum atomic E-state index is 5.29. The van der Waals surface area contributed by atoms with E-state index in [1.54, 1.807) is 14.2 Å². The molecular weight excluding hydrogens is 152 g/mol. The molecule has 1 aliphatic rings. The second kappa shape index (κ2) is 4.31. The van der Waals surface area contributed by atoms with Crippen LogP contribution in [0.1, 0.15) is 19.8 Å². The molecule has 0 radical (unpaired) electrons. The molecule has 0 aliphatic heterocycles. The van der Waals surface area contributed by atoms with Gasteiger partial charge in [0.25, 0.3) is 0 Å². The van der Waals surface area contributed by atoms with Gasteiger partial charge in [0.05, 0.1) is 7.11 Å². The molecule has 68 valence electrons. The van der Waals surface area contributed by atoms with Gasteiger partial charge < -0.3 is 9.47 Å². The Morgan fingerprint density at radius 1 is 1.42 bits per heavy atom. The van der Waals surface area contributed by atoms with Crippen molar-refractivity contribution in [2.75, 3.05) is 14.2 Å². The Morgan fingerprint density at radius 3 is 2.67 bits per heavy atom. The molecule has 0 fully saturated rings. The highest BCUT2D eigenvalue weighted by Gasteiger charge is 2.18. The Bertz CT molecular complexity index is 204. The molecule has 0 spiro atoms. The first kappa shape index (κ1) is 9.33. The van der Waals surface area contributed by atoms with Gasteiger partial charge in [-0.2, -0.15) is 0 Å². The van der Waals surface area contributed by atoms with E-state index >= 15 is 0 Å². The lowest BCUT2D eigenvalue weighted by molar-refractivity contribution is 0.0769. The molecule has 1 atom stereocenters. The topological polar surface area (TPSA) is 18.5 Å². The monoisotopic (exact) mass is 168 g/mol. The molecule has 0 amide bonds. The molecule has 0 aromatic carbocycles. The van der Waals surface area contributed by atoms with Crippen molar-refractivity contribution in [3.05, 3.63) is 23.5 Å². The van der Waals surface area contributed by atoms with Crippen molar-refractivity contribution < 1.29 is 9.47 Å². The van der Waals surface area contributed by atoms with Gasteiger partial charge in [0.15, 0.2) is 0 Å². The number of ether oxygens (including phenoxy) is 2. The van der Waals surface area contributed by atoms with Crippen LogP contribution in [0.4, 0.5) is 0 Å². The summed E-state index contributed by atoms with van der Waals surface area (Å²) in [6.45, 7) is 2.16. The molecule has 1 aliphatic carbocycles. The maximum Gasteiger partial charge on any atom is 0.125 e. The standard InChI is InChI=1S/C10H16O2/c1-4-8-5-6-9(11-2)10(7-8)12-3/h5-6,10H,4,7H2,1-3H3. The third-order valence-corrected chi connectivity index (χ3v) is 2.22. The van der Waals surface area contributed by atoms with Crippen molar-refractivity contribution in [2.45, 2.75) is 25.9 Å². The van der Waals surface area contributed by atoms with Crippen LogP contribution in [0.3, 0.4) is 0 Å². The van der Waals surface area contributed by atoms with E-state index in [0.717, 1.165) is 18.6 Å². The summed E-state index contributed by atoms with van der Waals surface area (Å²) in [7, 11) is 3.40. The molecule has 2 nitrogen and oxygen atoms in total. The fourth-order valence-electron chi connectivity index (χ4n) is 1.38. The Kier molecular flexibility index (Phi) is 3.35. The van der Waals surface area contributed by atoms with E-state index < -0.39 is 0 Å². The first-order valence-corrected chi connectivity index (χ1v) is 4.28. The predicted molar refractivity (Wildman–Crippen MR) is 48.9 cm³/mol. The van der Waals surface area contributed by atoms with Crippen molar-refractivity contribution in [1.29, 1.82) is 0 Å². The van der Waals surface area contributed by atoms with E-state index in [0.29, 0.717) is 0 Å². The van der Waals surface area contributed by atoms with Crippen LogP contribution in [0.5, 0.6) is 0 Å². The fourth-order valence-corrected chi connectivity index (χ4v) is 1.38. The summed E-state index contributed by atoms with van der Waals surface area (Å²) in [5.41, 5.74) is 1.42. The average molecular weight is 168 g/mol. The van der Waals surface area contributed by atoms with Crippen molar-refractivity contribution in [3.63, 3.8) is 0 Å². The number of allylic oxidation sites excluding steroid dienone is 2. The zero-order valence-corrected chi connectivity index (χ0v) is 7.96. The Hall–Kier alpha value is -0.760. The minimum absolute atomic E-state index is 0.120. The van der Waals surface area contributed by atoms with Gasteiger partial charge in [-0.1, -0.05) is 18.6 Å². The Labute approximate surface area is 73.9 Å². The molecule has 0 N–H and O–H groups in total. The lowest BCUT2D eigenvalue weighted by atomic mass is 9.99. The summed E-state index contributed by atoms with van der Waals surface area (Å²) in [5, 5.41) is 0. The first-order chi connectivity index (χ1) is 5.81. The van der Waals surface area contributed by atoms with E-state index in [4.69, 9.17) is 9.47 Å². The molecule has 0 saturated heterocycles. The normalized spacial score (nSPS) is 23.1. The summed E-state index contributed by atoms with van der Waals surface area (Å²) in [6.07, 6.45) is 6.29. The van der Waals surface area contributed by atoms with Crippen LogP contribution in [0.15, 0.2) is 23.5 Å². The van der Waals surface area contributed by atoms with Crippen molar-refractivity contribution >= 4 is 0 Å². The third-order valence-electron chi connectivity index (χ3n) is 2.22. The molecule has 1 rings (SSSR count). The lowest BCUT2D eigenvalue weighted by Gasteiger charge is -2.22. The highest BCUT2D eigenvalue weighted by Crippen LogP contribution is 2.23. The molecule has 0 aromatic rings.